The van der Waals surface area contributed by atoms with Crippen LogP contribution in [-0.4, -0.2) is 65.3 Å². The number of halogens is 5. The second-order valence-corrected chi connectivity index (χ2v) is 12.2. The highest BCUT2D eigenvalue weighted by Crippen LogP contribution is 2.37. The van der Waals surface area contributed by atoms with Gasteiger partial charge in [-0.25, -0.2) is 18.2 Å². The molecule has 0 unspecified atom stereocenters. The zero-order valence-corrected chi connectivity index (χ0v) is 23.2. The molecule has 2 N–H and O–H groups in total. The Morgan fingerprint density at radius 1 is 1.25 bits per heavy atom. The molecule has 0 saturated carbocycles. The van der Waals surface area contributed by atoms with Crippen LogP contribution in [-0.2, 0) is 22.9 Å². The summed E-state index contributed by atoms with van der Waals surface area (Å²) in [5.41, 5.74) is -0.722. The molecule has 0 spiro atoms. The van der Waals surface area contributed by atoms with Crippen LogP contribution in [0.5, 0.6) is 5.75 Å². The molecule has 2 aromatic carbocycles. The normalized spacial score (nSPS) is 16.4. The number of ether oxygens (including phenoxy) is 1. The van der Waals surface area contributed by atoms with Crippen LogP contribution in [0.4, 0.5) is 18.0 Å². The average Bonchev–Trinajstić information content (AvgIpc) is 3.28. The van der Waals surface area contributed by atoms with Gasteiger partial charge >= 0.3 is 12.5 Å². The zero-order valence-electron chi connectivity index (χ0n) is 20.8. The molecule has 2 heterocycles. The lowest BCUT2D eigenvalue weighted by Crippen LogP contribution is -2.36. The van der Waals surface area contributed by atoms with Gasteiger partial charge in [0.1, 0.15) is 5.75 Å². The molecule has 1 fully saturated rings. The summed E-state index contributed by atoms with van der Waals surface area (Å²) >= 11 is 12.6. The lowest BCUT2D eigenvalue weighted by molar-refractivity contribution is -0.274. The third kappa shape index (κ3) is 6.62. The summed E-state index contributed by atoms with van der Waals surface area (Å²) in [5.74, 6) is -0.902. The standard InChI is InChI=1S/C24H23Cl2F3N4O6S/c1-2-40(37,38)19-4-3-14(25)7-13(19)9-33-12-30-21-16(22(33)34)8-18(39-24(27,28)29)17(20(21)26)11-32-6-5-15(10-32)31-23(35)36/h3-4,7-8,12,15,31H,2,5-6,9-11H2,1H3,(H,35,36)/t15-/m1/s1. The molecule has 0 bridgehead atoms. The fourth-order valence-electron chi connectivity index (χ4n) is 4.56. The SMILES string of the molecule is CCS(=O)(=O)c1ccc(Cl)cc1Cn1cnc2c(Cl)c(CN3CC[C@@H](NC(=O)O)C3)c(OC(F)(F)F)cc2c1=O. The minimum Gasteiger partial charge on any atom is -0.465 e. The first-order chi connectivity index (χ1) is 18.7. The number of fused-ring (bicyclic) bond motifs is 1. The monoisotopic (exact) mass is 622 g/mol. The van der Waals surface area contributed by atoms with E-state index in [0.717, 1.165) is 17.0 Å². The van der Waals surface area contributed by atoms with Crippen LogP contribution in [0.15, 0.2) is 40.3 Å². The Morgan fingerprint density at radius 2 is 1.98 bits per heavy atom. The lowest BCUT2D eigenvalue weighted by Gasteiger charge is -2.21. The van der Waals surface area contributed by atoms with Crippen molar-refractivity contribution in [3.63, 3.8) is 0 Å². The van der Waals surface area contributed by atoms with Crippen LogP contribution < -0.4 is 15.6 Å². The summed E-state index contributed by atoms with van der Waals surface area (Å²) in [7, 11) is -3.68. The fraction of sp³-hybridized carbons (Fsp3) is 0.375. The average molecular weight is 623 g/mol. The van der Waals surface area contributed by atoms with Crippen molar-refractivity contribution in [1.29, 1.82) is 0 Å². The molecular formula is C24H23Cl2F3N4O6S. The van der Waals surface area contributed by atoms with Crippen LogP contribution in [0.2, 0.25) is 10.0 Å². The first-order valence-electron chi connectivity index (χ1n) is 11.9. The van der Waals surface area contributed by atoms with Gasteiger partial charge in [0.15, 0.2) is 9.84 Å². The van der Waals surface area contributed by atoms with Crippen LogP contribution in [0.3, 0.4) is 0 Å². The summed E-state index contributed by atoms with van der Waals surface area (Å²) in [5, 5.41) is 11.0. The summed E-state index contributed by atoms with van der Waals surface area (Å²) in [6.07, 6.45) is -4.75. The van der Waals surface area contributed by atoms with E-state index in [9.17, 15) is 31.2 Å². The predicted octanol–water partition coefficient (Wildman–Crippen LogP) is 4.29. The maximum atomic E-state index is 13.4. The molecule has 0 aliphatic carbocycles. The first-order valence-corrected chi connectivity index (χ1v) is 14.3. The maximum Gasteiger partial charge on any atom is 0.573 e. The molecule has 216 valence electrons. The smallest absolute Gasteiger partial charge is 0.465 e. The zero-order chi connectivity index (χ0) is 29.4. The third-order valence-electron chi connectivity index (χ3n) is 6.40. The molecule has 10 nitrogen and oxygen atoms in total. The van der Waals surface area contributed by atoms with Gasteiger partial charge in [-0.2, -0.15) is 0 Å². The minimum absolute atomic E-state index is 0.0397. The van der Waals surface area contributed by atoms with E-state index in [0.29, 0.717) is 13.0 Å². The Balaban J connectivity index is 1.77. The van der Waals surface area contributed by atoms with Crippen molar-refractivity contribution in [1.82, 2.24) is 19.8 Å². The van der Waals surface area contributed by atoms with E-state index in [4.69, 9.17) is 28.3 Å². The minimum atomic E-state index is -5.10. The van der Waals surface area contributed by atoms with Crippen molar-refractivity contribution in [2.24, 2.45) is 0 Å². The lowest BCUT2D eigenvalue weighted by atomic mass is 10.1. The third-order valence-corrected chi connectivity index (χ3v) is 8.87. The Bertz CT molecular complexity index is 1630. The molecule has 1 aromatic heterocycles. The number of amides is 1. The van der Waals surface area contributed by atoms with Crippen LogP contribution in [0, 0.1) is 0 Å². The maximum absolute atomic E-state index is 13.4. The number of sulfone groups is 1. The van der Waals surface area contributed by atoms with Gasteiger partial charge in [-0.05, 0) is 36.2 Å². The molecule has 1 aliphatic rings. The van der Waals surface area contributed by atoms with Crippen LogP contribution in [0.1, 0.15) is 24.5 Å². The van der Waals surface area contributed by atoms with E-state index in [-0.39, 0.29) is 62.4 Å². The molecule has 1 amide bonds. The van der Waals surface area contributed by atoms with Gasteiger partial charge in [-0.1, -0.05) is 30.1 Å². The summed E-state index contributed by atoms with van der Waals surface area (Å²) in [4.78, 5) is 30.2. The molecule has 16 heteroatoms. The molecular weight excluding hydrogens is 600 g/mol. The van der Waals surface area contributed by atoms with E-state index in [2.05, 4.69) is 15.0 Å². The van der Waals surface area contributed by atoms with Gasteiger partial charge in [0.05, 0.1) is 39.4 Å². The van der Waals surface area contributed by atoms with Gasteiger partial charge in [-0.15, -0.1) is 13.2 Å². The van der Waals surface area contributed by atoms with Crippen molar-refractivity contribution in [2.45, 2.75) is 43.7 Å². The number of hydrogen-bond acceptors (Lipinski definition) is 7. The number of aromatic nitrogens is 2. The quantitative estimate of drug-likeness (QED) is 0.380. The van der Waals surface area contributed by atoms with Gasteiger partial charge in [-0.3, -0.25) is 14.3 Å². The number of nitrogens with zero attached hydrogens (tertiary/aromatic N) is 3. The van der Waals surface area contributed by atoms with Crippen molar-refractivity contribution < 1.29 is 36.2 Å². The molecule has 3 aromatic rings. The number of carboxylic acid groups (broad SMARTS) is 1. The second kappa shape index (κ2) is 11.4. The fourth-order valence-corrected chi connectivity index (χ4v) is 6.17. The summed E-state index contributed by atoms with van der Waals surface area (Å²) in [6.45, 7) is 1.66. The van der Waals surface area contributed by atoms with Crippen molar-refractivity contribution in [3.8, 4) is 5.75 Å². The van der Waals surface area contributed by atoms with E-state index in [1.807, 2.05) is 0 Å². The Morgan fingerprint density at radius 3 is 2.62 bits per heavy atom. The number of rotatable bonds is 8. The summed E-state index contributed by atoms with van der Waals surface area (Å²) < 4.78 is 70.5. The molecule has 40 heavy (non-hydrogen) atoms. The van der Waals surface area contributed by atoms with Gasteiger partial charge in [0.2, 0.25) is 0 Å². The molecule has 1 aliphatic heterocycles. The largest absolute Gasteiger partial charge is 0.573 e. The van der Waals surface area contributed by atoms with Gasteiger partial charge in [0.25, 0.3) is 5.56 Å². The molecule has 1 saturated heterocycles. The van der Waals surface area contributed by atoms with E-state index < -0.39 is 39.6 Å². The van der Waals surface area contributed by atoms with E-state index >= 15 is 0 Å². The first kappa shape index (κ1) is 29.9. The van der Waals surface area contributed by atoms with Gasteiger partial charge in [0, 0.05) is 36.3 Å². The van der Waals surface area contributed by atoms with Crippen molar-refractivity contribution in [3.05, 3.63) is 62.1 Å². The molecule has 0 radical (unpaired) electrons. The van der Waals surface area contributed by atoms with Crippen molar-refractivity contribution >= 4 is 50.0 Å². The van der Waals surface area contributed by atoms with Crippen molar-refractivity contribution in [2.75, 3.05) is 18.8 Å². The Kier molecular flexibility index (Phi) is 8.54. The number of carbonyl (C=O) groups is 1. The van der Waals surface area contributed by atoms with Gasteiger partial charge < -0.3 is 15.2 Å². The highest BCUT2D eigenvalue weighted by molar-refractivity contribution is 7.91. The van der Waals surface area contributed by atoms with E-state index in [1.165, 1.54) is 25.1 Å². The predicted molar refractivity (Wildman–Crippen MR) is 141 cm³/mol. The number of alkyl halides is 3. The highest BCUT2D eigenvalue weighted by Gasteiger charge is 2.34. The number of hydrogen-bond donors (Lipinski definition) is 2. The van der Waals surface area contributed by atoms with E-state index in [1.54, 1.807) is 4.90 Å². The van der Waals surface area contributed by atoms with Crippen LogP contribution >= 0.6 is 23.2 Å². The van der Waals surface area contributed by atoms with Crippen LogP contribution in [0.25, 0.3) is 10.9 Å². The number of likely N-dealkylation sites (tertiary alicyclic amines) is 1. The Hall–Kier alpha value is -3.07. The molecule has 1 atom stereocenters. The summed E-state index contributed by atoms with van der Waals surface area (Å²) in [6, 6.07) is 4.60. The Labute approximate surface area is 236 Å². The second-order valence-electron chi connectivity index (χ2n) is 9.11. The number of benzene rings is 2. The highest BCUT2D eigenvalue weighted by atomic mass is 35.5. The molecule has 4 rings (SSSR count). The topological polar surface area (TPSA) is 131 Å². The number of nitrogens with one attached hydrogen (secondary N) is 1.